The smallest absolute Gasteiger partial charge is 0.373 e. The van der Waals surface area contributed by atoms with E-state index in [9.17, 15) is 14.4 Å². The van der Waals surface area contributed by atoms with Gasteiger partial charge in [0.2, 0.25) is 5.76 Å². The van der Waals surface area contributed by atoms with Crippen LogP contribution in [0.5, 0.6) is 0 Å². The van der Waals surface area contributed by atoms with Gasteiger partial charge in [-0.15, -0.1) is 6.42 Å². The zero-order valence-corrected chi connectivity index (χ0v) is 16.8. The van der Waals surface area contributed by atoms with Crippen LogP contribution in [0.3, 0.4) is 0 Å². The number of imide groups is 1. The van der Waals surface area contributed by atoms with E-state index in [-0.39, 0.29) is 12.3 Å². The Kier molecular flexibility index (Phi) is 5.21. The second kappa shape index (κ2) is 7.97. The van der Waals surface area contributed by atoms with E-state index in [0.717, 1.165) is 33.1 Å². The SMILES string of the molecule is C#CCn1cc(C=C2SC(=O)N(Cc3ccc(C(=O)OC)o3)C2=O)c2ccccc21. The lowest BCUT2D eigenvalue weighted by atomic mass is 10.1. The number of aromatic nitrogens is 1. The fraction of sp³-hybridized carbons (Fsp3) is 0.136. The van der Waals surface area contributed by atoms with Gasteiger partial charge < -0.3 is 13.7 Å². The Morgan fingerprint density at radius 3 is 2.83 bits per heavy atom. The maximum absolute atomic E-state index is 12.8. The van der Waals surface area contributed by atoms with Crippen molar-refractivity contribution in [3.63, 3.8) is 0 Å². The van der Waals surface area contributed by atoms with Gasteiger partial charge in [-0.25, -0.2) is 4.79 Å². The molecule has 3 heterocycles. The first-order valence-corrected chi connectivity index (χ1v) is 9.77. The highest BCUT2D eigenvalue weighted by atomic mass is 32.2. The van der Waals surface area contributed by atoms with E-state index in [1.54, 1.807) is 6.08 Å². The fourth-order valence-corrected chi connectivity index (χ4v) is 4.06. The molecule has 1 saturated heterocycles. The summed E-state index contributed by atoms with van der Waals surface area (Å²) in [7, 11) is 1.24. The first-order chi connectivity index (χ1) is 14.5. The molecule has 1 aromatic carbocycles. The molecule has 30 heavy (non-hydrogen) atoms. The van der Waals surface area contributed by atoms with Gasteiger partial charge in [0.15, 0.2) is 0 Å². The average molecular weight is 420 g/mol. The van der Waals surface area contributed by atoms with Crippen molar-refractivity contribution in [2.75, 3.05) is 7.11 Å². The number of methoxy groups -OCH3 is 1. The summed E-state index contributed by atoms with van der Waals surface area (Å²) in [6.45, 7) is 0.328. The van der Waals surface area contributed by atoms with Crippen LogP contribution in [0.15, 0.2) is 51.9 Å². The molecule has 0 atom stereocenters. The summed E-state index contributed by atoms with van der Waals surface area (Å²) in [4.78, 5) is 38.2. The second-order valence-electron chi connectivity index (χ2n) is 6.46. The summed E-state index contributed by atoms with van der Waals surface area (Å²) >= 11 is 0.860. The predicted molar refractivity (Wildman–Crippen MR) is 112 cm³/mol. The third-order valence-electron chi connectivity index (χ3n) is 4.60. The number of terminal acetylenes is 1. The van der Waals surface area contributed by atoms with Gasteiger partial charge in [0.1, 0.15) is 5.76 Å². The normalized spacial score (nSPS) is 15.2. The summed E-state index contributed by atoms with van der Waals surface area (Å²) in [5.41, 5.74) is 1.75. The molecule has 1 aliphatic heterocycles. The van der Waals surface area contributed by atoms with Gasteiger partial charge >= 0.3 is 5.97 Å². The zero-order chi connectivity index (χ0) is 21.3. The maximum atomic E-state index is 12.8. The van der Waals surface area contributed by atoms with Crippen molar-refractivity contribution in [1.29, 1.82) is 0 Å². The van der Waals surface area contributed by atoms with Crippen molar-refractivity contribution in [3.8, 4) is 12.3 Å². The number of hydrogen-bond acceptors (Lipinski definition) is 6. The van der Waals surface area contributed by atoms with E-state index < -0.39 is 17.1 Å². The summed E-state index contributed by atoms with van der Waals surface area (Å²) in [6.07, 6.45) is 9.02. The van der Waals surface area contributed by atoms with Crippen LogP contribution in [0.4, 0.5) is 4.79 Å². The van der Waals surface area contributed by atoms with Crippen LogP contribution in [0.2, 0.25) is 0 Å². The van der Waals surface area contributed by atoms with E-state index in [1.807, 2.05) is 35.0 Å². The molecular formula is C22H16N2O5S. The lowest BCUT2D eigenvalue weighted by molar-refractivity contribution is -0.123. The molecule has 0 spiro atoms. The number of carbonyl (C=O) groups is 3. The van der Waals surface area contributed by atoms with Crippen molar-refractivity contribution in [2.24, 2.45) is 0 Å². The highest BCUT2D eigenvalue weighted by Gasteiger charge is 2.36. The van der Waals surface area contributed by atoms with Gasteiger partial charge in [0, 0.05) is 22.7 Å². The molecule has 0 unspecified atom stereocenters. The number of thioether (sulfide) groups is 1. The molecule has 3 aromatic rings. The molecule has 0 aliphatic carbocycles. The van der Waals surface area contributed by atoms with Gasteiger partial charge in [-0.3, -0.25) is 14.5 Å². The summed E-state index contributed by atoms with van der Waals surface area (Å²) in [5, 5.41) is 0.530. The van der Waals surface area contributed by atoms with Crippen LogP contribution in [-0.2, 0) is 22.6 Å². The van der Waals surface area contributed by atoms with Crippen molar-refractivity contribution in [2.45, 2.75) is 13.1 Å². The number of ether oxygens (including phenoxy) is 1. The molecule has 1 aliphatic rings. The average Bonchev–Trinajstić information content (AvgIpc) is 3.42. The predicted octanol–water partition coefficient (Wildman–Crippen LogP) is 3.89. The minimum absolute atomic E-state index is 0.0105. The van der Waals surface area contributed by atoms with Crippen LogP contribution >= 0.6 is 11.8 Å². The molecule has 0 saturated carbocycles. The number of amides is 2. The largest absolute Gasteiger partial charge is 0.463 e. The van der Waals surface area contributed by atoms with Crippen LogP contribution in [0.1, 0.15) is 21.9 Å². The Morgan fingerprint density at radius 2 is 2.07 bits per heavy atom. The summed E-state index contributed by atoms with van der Waals surface area (Å²) in [5.74, 6) is 1.88. The van der Waals surface area contributed by atoms with E-state index in [0.29, 0.717) is 17.2 Å². The van der Waals surface area contributed by atoms with Crippen molar-refractivity contribution < 1.29 is 23.5 Å². The van der Waals surface area contributed by atoms with Gasteiger partial charge in [-0.2, -0.15) is 0 Å². The molecular weight excluding hydrogens is 404 g/mol. The van der Waals surface area contributed by atoms with E-state index in [1.165, 1.54) is 19.2 Å². The van der Waals surface area contributed by atoms with Crippen LogP contribution in [0, 0.1) is 12.3 Å². The van der Waals surface area contributed by atoms with Gasteiger partial charge in [0.05, 0.1) is 25.1 Å². The molecule has 2 aromatic heterocycles. The number of benzene rings is 1. The number of nitrogens with zero attached hydrogens (tertiary/aromatic N) is 2. The van der Waals surface area contributed by atoms with E-state index in [2.05, 4.69) is 10.7 Å². The number of furan rings is 1. The minimum Gasteiger partial charge on any atom is -0.463 e. The number of rotatable bonds is 5. The maximum Gasteiger partial charge on any atom is 0.373 e. The first-order valence-electron chi connectivity index (χ1n) is 8.95. The lowest BCUT2D eigenvalue weighted by Crippen LogP contribution is -2.27. The van der Waals surface area contributed by atoms with Gasteiger partial charge in [0.25, 0.3) is 11.1 Å². The Labute approximate surface area is 176 Å². The Morgan fingerprint density at radius 1 is 1.27 bits per heavy atom. The number of para-hydroxylation sites is 1. The Hall–Kier alpha value is -3.70. The molecule has 0 N–H and O–H groups in total. The van der Waals surface area contributed by atoms with Crippen molar-refractivity contribution >= 4 is 45.9 Å². The minimum atomic E-state index is -0.626. The monoisotopic (exact) mass is 420 g/mol. The second-order valence-corrected chi connectivity index (χ2v) is 7.45. The van der Waals surface area contributed by atoms with E-state index >= 15 is 0 Å². The zero-order valence-electron chi connectivity index (χ0n) is 16.0. The standard InChI is InChI=1S/C22H16N2O5S/c1-3-10-23-12-14(16-6-4-5-7-17(16)23)11-19-20(25)24(22(27)30-19)13-15-8-9-18(29-15)21(26)28-2/h1,4-9,11-12H,10,13H2,2H3. The molecule has 0 bridgehead atoms. The molecule has 4 rings (SSSR count). The molecule has 7 nitrogen and oxygen atoms in total. The third-order valence-corrected chi connectivity index (χ3v) is 5.51. The molecule has 150 valence electrons. The molecule has 8 heteroatoms. The van der Waals surface area contributed by atoms with Crippen LogP contribution in [0.25, 0.3) is 17.0 Å². The molecule has 0 radical (unpaired) electrons. The van der Waals surface area contributed by atoms with Crippen molar-refractivity contribution in [1.82, 2.24) is 9.47 Å². The van der Waals surface area contributed by atoms with E-state index in [4.69, 9.17) is 10.8 Å². The quantitative estimate of drug-likeness (QED) is 0.354. The third kappa shape index (κ3) is 3.51. The van der Waals surface area contributed by atoms with Crippen LogP contribution in [-0.4, -0.2) is 33.7 Å². The topological polar surface area (TPSA) is 81.8 Å². The number of fused-ring (bicyclic) bond motifs is 1. The fourth-order valence-electron chi connectivity index (χ4n) is 3.23. The van der Waals surface area contributed by atoms with Crippen LogP contribution < -0.4 is 0 Å². The lowest BCUT2D eigenvalue weighted by Gasteiger charge is -2.09. The van der Waals surface area contributed by atoms with Gasteiger partial charge in [-0.1, -0.05) is 24.1 Å². The molecule has 1 fully saturated rings. The molecule has 2 amide bonds. The number of hydrogen-bond donors (Lipinski definition) is 0. The first kappa shape index (κ1) is 19.6. The highest BCUT2D eigenvalue weighted by Crippen LogP contribution is 2.35. The summed E-state index contributed by atoms with van der Waals surface area (Å²) < 4.78 is 11.9. The summed E-state index contributed by atoms with van der Waals surface area (Å²) in [6, 6.07) is 10.7. The number of esters is 1. The highest BCUT2D eigenvalue weighted by molar-refractivity contribution is 8.18. The Balaban J connectivity index is 1.61. The Bertz CT molecular complexity index is 1240. The van der Waals surface area contributed by atoms with Crippen molar-refractivity contribution in [3.05, 3.63) is 64.6 Å². The van der Waals surface area contributed by atoms with Gasteiger partial charge in [-0.05, 0) is 36.0 Å². The number of carbonyl (C=O) groups excluding carboxylic acids is 3.